The summed E-state index contributed by atoms with van der Waals surface area (Å²) in [5.74, 6) is 0.838. The van der Waals surface area contributed by atoms with Gasteiger partial charge in [0, 0.05) is 18.7 Å². The van der Waals surface area contributed by atoms with E-state index >= 15 is 0 Å². The monoisotopic (exact) mass is 451 g/mol. The Labute approximate surface area is 193 Å². The fourth-order valence-electron chi connectivity index (χ4n) is 3.26. The third-order valence-corrected chi connectivity index (χ3v) is 5.96. The summed E-state index contributed by atoms with van der Waals surface area (Å²) in [5.41, 5.74) is 1.66. The Balaban J connectivity index is 1.65. The number of hydrogen-bond donors (Lipinski definition) is 2. The lowest BCUT2D eigenvalue weighted by Gasteiger charge is -2.22. The van der Waals surface area contributed by atoms with Crippen molar-refractivity contribution < 1.29 is 9.59 Å². The normalized spacial score (nSPS) is 11.9. The number of aromatic nitrogens is 3. The third kappa shape index (κ3) is 6.20. The minimum Gasteiger partial charge on any atom is -0.351 e. The van der Waals surface area contributed by atoms with Gasteiger partial charge in [0.15, 0.2) is 11.0 Å². The predicted octanol–water partition coefficient (Wildman–Crippen LogP) is 3.83. The molecule has 2 amide bonds. The lowest BCUT2D eigenvalue weighted by atomic mass is 10.0. The quantitative estimate of drug-likeness (QED) is 0.457. The van der Waals surface area contributed by atoms with Gasteiger partial charge in [-0.1, -0.05) is 74.1 Å². The van der Waals surface area contributed by atoms with Crippen LogP contribution in [0.3, 0.4) is 0 Å². The second-order valence-corrected chi connectivity index (χ2v) is 8.64. The number of thioether (sulfide) groups is 1. The van der Waals surface area contributed by atoms with E-state index in [0.29, 0.717) is 29.6 Å². The van der Waals surface area contributed by atoms with Gasteiger partial charge in [-0.2, -0.15) is 0 Å². The van der Waals surface area contributed by atoms with Crippen LogP contribution in [0.5, 0.6) is 0 Å². The Kier molecular flexibility index (Phi) is 8.44. The maximum Gasteiger partial charge on any atom is 0.251 e. The molecule has 2 aromatic carbocycles. The molecule has 1 aromatic heterocycles. The molecular weight excluding hydrogens is 422 g/mol. The van der Waals surface area contributed by atoms with Crippen LogP contribution in [0.25, 0.3) is 0 Å². The van der Waals surface area contributed by atoms with Crippen LogP contribution in [0.1, 0.15) is 48.6 Å². The highest BCUT2D eigenvalue weighted by atomic mass is 32.2. The van der Waals surface area contributed by atoms with Crippen molar-refractivity contribution in [2.45, 2.75) is 45.1 Å². The first-order valence-corrected chi connectivity index (χ1v) is 11.7. The second kappa shape index (κ2) is 11.5. The second-order valence-electron chi connectivity index (χ2n) is 7.70. The molecule has 0 bridgehead atoms. The van der Waals surface area contributed by atoms with E-state index in [2.05, 4.69) is 20.8 Å². The van der Waals surface area contributed by atoms with Crippen LogP contribution in [-0.2, 0) is 17.9 Å². The lowest BCUT2D eigenvalue weighted by Crippen LogP contribution is -2.33. The Bertz CT molecular complexity index is 1020. The molecule has 1 heterocycles. The fraction of sp³-hybridized carbons (Fsp3) is 0.333. The van der Waals surface area contributed by atoms with E-state index in [1.54, 1.807) is 12.1 Å². The van der Waals surface area contributed by atoms with Crippen molar-refractivity contribution in [1.82, 2.24) is 25.4 Å². The van der Waals surface area contributed by atoms with Gasteiger partial charge in [-0.05, 0) is 30.5 Å². The number of hydrogen-bond acceptors (Lipinski definition) is 5. The molecule has 0 fully saturated rings. The van der Waals surface area contributed by atoms with Gasteiger partial charge in [0.1, 0.15) is 0 Å². The number of nitrogens with zero attached hydrogens (tertiary/aromatic N) is 3. The first-order chi connectivity index (χ1) is 15.5. The van der Waals surface area contributed by atoms with Crippen molar-refractivity contribution in [3.8, 4) is 0 Å². The van der Waals surface area contributed by atoms with Crippen molar-refractivity contribution in [3.05, 3.63) is 77.6 Å². The zero-order chi connectivity index (χ0) is 22.9. The summed E-state index contributed by atoms with van der Waals surface area (Å²) >= 11 is 1.34. The van der Waals surface area contributed by atoms with Crippen LogP contribution in [0, 0.1) is 5.92 Å². The molecule has 2 N–H and O–H groups in total. The van der Waals surface area contributed by atoms with Crippen molar-refractivity contribution in [2.75, 3.05) is 5.75 Å². The number of amides is 2. The van der Waals surface area contributed by atoms with Crippen LogP contribution < -0.4 is 10.6 Å². The Hall–Kier alpha value is -3.13. The van der Waals surface area contributed by atoms with E-state index in [9.17, 15) is 9.59 Å². The van der Waals surface area contributed by atoms with E-state index in [4.69, 9.17) is 0 Å². The summed E-state index contributed by atoms with van der Waals surface area (Å²) in [7, 11) is 0. The van der Waals surface area contributed by atoms with E-state index < -0.39 is 0 Å². The van der Waals surface area contributed by atoms with Gasteiger partial charge in [0.2, 0.25) is 5.91 Å². The van der Waals surface area contributed by atoms with Crippen molar-refractivity contribution in [2.24, 2.45) is 5.92 Å². The minimum absolute atomic E-state index is 0.0659. The predicted molar refractivity (Wildman–Crippen MR) is 126 cm³/mol. The molecule has 8 heteroatoms. The molecule has 3 rings (SSSR count). The average molecular weight is 452 g/mol. The minimum atomic E-state index is -0.295. The first kappa shape index (κ1) is 23.5. The topological polar surface area (TPSA) is 88.9 Å². The molecule has 3 aromatic rings. The molecule has 0 radical (unpaired) electrons. The van der Waals surface area contributed by atoms with Gasteiger partial charge in [-0.25, -0.2) is 0 Å². The third-order valence-electron chi connectivity index (χ3n) is 4.99. The van der Waals surface area contributed by atoms with Crippen molar-refractivity contribution >= 4 is 23.6 Å². The molecule has 1 atom stereocenters. The first-order valence-electron chi connectivity index (χ1n) is 10.7. The molecule has 0 aliphatic heterocycles. The number of benzene rings is 2. The molecule has 0 aliphatic carbocycles. The van der Waals surface area contributed by atoms with E-state index in [1.165, 1.54) is 11.8 Å². The Morgan fingerprint density at radius 2 is 1.66 bits per heavy atom. The molecular formula is C24H29N5O2S. The SMILES string of the molecule is CCn1c(SCC(=O)NCc2ccccc2)nnc1[C@@H](NC(=O)c1ccccc1)C(C)C. The van der Waals surface area contributed by atoms with Gasteiger partial charge < -0.3 is 15.2 Å². The summed E-state index contributed by atoms with van der Waals surface area (Å²) in [6, 6.07) is 18.6. The summed E-state index contributed by atoms with van der Waals surface area (Å²) in [6.45, 7) is 7.21. The molecule has 0 spiro atoms. The van der Waals surface area contributed by atoms with Crippen LogP contribution in [0.4, 0.5) is 0 Å². The molecule has 0 saturated carbocycles. The zero-order valence-electron chi connectivity index (χ0n) is 18.6. The number of rotatable bonds is 10. The highest BCUT2D eigenvalue weighted by Crippen LogP contribution is 2.25. The standard InChI is InChI=1S/C24H29N5O2S/c1-4-29-22(21(17(2)3)26-23(31)19-13-9-6-10-14-19)27-28-24(29)32-16-20(30)25-15-18-11-7-5-8-12-18/h5-14,17,21H,4,15-16H2,1-3H3,(H,25,30)(H,26,31)/t21-/m0/s1. The largest absolute Gasteiger partial charge is 0.351 e. The molecule has 168 valence electrons. The van der Waals surface area contributed by atoms with E-state index in [0.717, 1.165) is 5.56 Å². The van der Waals surface area contributed by atoms with Gasteiger partial charge >= 0.3 is 0 Å². The summed E-state index contributed by atoms with van der Waals surface area (Å²) < 4.78 is 1.96. The van der Waals surface area contributed by atoms with Crippen molar-refractivity contribution in [1.29, 1.82) is 0 Å². The van der Waals surface area contributed by atoms with Crippen LogP contribution in [0.2, 0.25) is 0 Å². The van der Waals surface area contributed by atoms with E-state index in [-0.39, 0.29) is 29.5 Å². The van der Waals surface area contributed by atoms with E-state index in [1.807, 2.05) is 73.9 Å². The maximum atomic E-state index is 12.7. The highest BCUT2D eigenvalue weighted by Gasteiger charge is 2.26. The smallest absolute Gasteiger partial charge is 0.251 e. The maximum absolute atomic E-state index is 12.7. The zero-order valence-corrected chi connectivity index (χ0v) is 19.4. The van der Waals surface area contributed by atoms with Gasteiger partial charge in [0.05, 0.1) is 11.8 Å². The lowest BCUT2D eigenvalue weighted by molar-refractivity contribution is -0.118. The Morgan fingerprint density at radius 1 is 1.00 bits per heavy atom. The van der Waals surface area contributed by atoms with Gasteiger partial charge in [0.25, 0.3) is 5.91 Å². The number of carbonyl (C=O) groups excluding carboxylic acids is 2. The fourth-order valence-corrected chi connectivity index (χ4v) is 4.09. The molecule has 32 heavy (non-hydrogen) atoms. The van der Waals surface area contributed by atoms with Gasteiger partial charge in [-0.3, -0.25) is 9.59 Å². The molecule has 0 unspecified atom stereocenters. The molecule has 7 nitrogen and oxygen atoms in total. The van der Waals surface area contributed by atoms with Crippen LogP contribution >= 0.6 is 11.8 Å². The van der Waals surface area contributed by atoms with Crippen LogP contribution in [-0.4, -0.2) is 32.3 Å². The average Bonchev–Trinajstić information content (AvgIpc) is 3.23. The number of nitrogens with one attached hydrogen (secondary N) is 2. The van der Waals surface area contributed by atoms with Crippen LogP contribution in [0.15, 0.2) is 65.8 Å². The Morgan fingerprint density at radius 3 is 2.28 bits per heavy atom. The molecule has 0 aliphatic rings. The number of carbonyl (C=O) groups is 2. The summed E-state index contributed by atoms with van der Waals surface area (Å²) in [5, 5.41) is 15.4. The molecule has 0 saturated heterocycles. The van der Waals surface area contributed by atoms with Crippen molar-refractivity contribution in [3.63, 3.8) is 0 Å². The highest BCUT2D eigenvalue weighted by molar-refractivity contribution is 7.99. The van der Waals surface area contributed by atoms with Gasteiger partial charge in [-0.15, -0.1) is 10.2 Å². The summed E-state index contributed by atoms with van der Waals surface area (Å²) in [4.78, 5) is 25.0. The summed E-state index contributed by atoms with van der Waals surface area (Å²) in [6.07, 6.45) is 0.